The molecule has 0 aromatic heterocycles. The van der Waals surface area contributed by atoms with Crippen LogP contribution in [0.4, 0.5) is 0 Å². The summed E-state index contributed by atoms with van der Waals surface area (Å²) in [5.41, 5.74) is 2.48. The molecule has 0 aliphatic heterocycles. The number of ether oxygens (including phenoxy) is 1. The summed E-state index contributed by atoms with van der Waals surface area (Å²) in [6, 6.07) is 5.35. The Morgan fingerprint density at radius 1 is 1.50 bits per heavy atom. The van der Waals surface area contributed by atoms with E-state index in [1.165, 1.54) is 7.11 Å². The fourth-order valence-electron chi connectivity index (χ4n) is 1.26. The number of methoxy groups -OCH3 is 1. The van der Waals surface area contributed by atoms with Gasteiger partial charge < -0.3 is 4.74 Å². The topological polar surface area (TPSA) is 26.3 Å². The van der Waals surface area contributed by atoms with Gasteiger partial charge in [0.2, 0.25) is 0 Å². The molecule has 3 heteroatoms. The molecule has 16 heavy (non-hydrogen) atoms. The first-order valence-corrected chi connectivity index (χ1v) is 5.61. The molecule has 84 valence electrons. The van der Waals surface area contributed by atoms with E-state index in [1.807, 2.05) is 13.0 Å². The van der Waals surface area contributed by atoms with Gasteiger partial charge >= 0.3 is 5.97 Å². The number of thiol groups is 1. The summed E-state index contributed by atoms with van der Waals surface area (Å²) >= 11 is 4.09. The van der Waals surface area contributed by atoms with E-state index in [-0.39, 0.29) is 5.97 Å². The lowest BCUT2D eigenvalue weighted by molar-refractivity contribution is 0.0600. The van der Waals surface area contributed by atoms with Gasteiger partial charge in [0.05, 0.1) is 12.7 Å². The molecule has 0 saturated carbocycles. The summed E-state index contributed by atoms with van der Waals surface area (Å²) < 4.78 is 4.64. The summed E-state index contributed by atoms with van der Waals surface area (Å²) in [6.45, 7) is 1.93. The average molecular weight is 234 g/mol. The minimum atomic E-state index is -0.321. The minimum Gasteiger partial charge on any atom is -0.465 e. The number of rotatable bonds is 2. The number of aryl methyl sites for hydroxylation is 1. The lowest BCUT2D eigenvalue weighted by atomic mass is 10.1. The van der Waals surface area contributed by atoms with Gasteiger partial charge in [0, 0.05) is 17.7 Å². The van der Waals surface area contributed by atoms with Crippen LogP contribution in [0.15, 0.2) is 18.2 Å². The van der Waals surface area contributed by atoms with Gasteiger partial charge in [-0.2, -0.15) is 12.6 Å². The van der Waals surface area contributed by atoms with Gasteiger partial charge in [-0.3, -0.25) is 0 Å². The van der Waals surface area contributed by atoms with Crippen LogP contribution in [0.3, 0.4) is 0 Å². The number of esters is 1. The molecule has 0 aliphatic carbocycles. The Kier molecular flexibility index (Phi) is 4.94. The van der Waals surface area contributed by atoms with Gasteiger partial charge in [0.25, 0.3) is 0 Å². The Morgan fingerprint density at radius 3 is 2.81 bits per heavy atom. The zero-order chi connectivity index (χ0) is 12.0. The van der Waals surface area contributed by atoms with Crippen LogP contribution in [0.1, 0.15) is 27.9 Å². The first kappa shape index (κ1) is 12.7. The normalized spacial score (nSPS) is 9.19. The predicted octanol–water partition coefficient (Wildman–Crippen LogP) is 2.45. The fourth-order valence-corrected chi connectivity index (χ4v) is 1.37. The van der Waals surface area contributed by atoms with E-state index >= 15 is 0 Å². The molecule has 0 aliphatic rings. The van der Waals surface area contributed by atoms with E-state index in [2.05, 4.69) is 29.2 Å². The average Bonchev–Trinajstić information content (AvgIpc) is 2.30. The highest BCUT2D eigenvalue weighted by Gasteiger charge is 2.05. The van der Waals surface area contributed by atoms with Gasteiger partial charge in [0.15, 0.2) is 0 Å². The van der Waals surface area contributed by atoms with Crippen LogP contribution < -0.4 is 0 Å². The highest BCUT2D eigenvalue weighted by Crippen LogP contribution is 2.11. The standard InChI is InChI=1S/C13H14O2S/c1-10-9-12(13(14)15-2)7-6-11(10)5-3-4-8-16/h6-7,9,16H,4,8H2,1-2H3. The molecule has 0 spiro atoms. The second-order valence-electron chi connectivity index (χ2n) is 3.30. The van der Waals surface area contributed by atoms with E-state index in [0.717, 1.165) is 23.3 Å². The van der Waals surface area contributed by atoms with Gasteiger partial charge in [-0.25, -0.2) is 4.79 Å². The van der Waals surface area contributed by atoms with Crippen molar-refractivity contribution in [1.82, 2.24) is 0 Å². The number of hydrogen-bond donors (Lipinski definition) is 1. The maximum Gasteiger partial charge on any atom is 0.337 e. The van der Waals surface area contributed by atoms with Gasteiger partial charge in [0.1, 0.15) is 0 Å². The Labute approximate surface area is 101 Å². The Morgan fingerprint density at radius 2 is 2.25 bits per heavy atom. The molecular formula is C13H14O2S. The second-order valence-corrected chi connectivity index (χ2v) is 3.74. The summed E-state index contributed by atoms with van der Waals surface area (Å²) in [7, 11) is 1.37. The molecule has 0 saturated heterocycles. The van der Waals surface area contributed by atoms with Crippen LogP contribution in [-0.4, -0.2) is 18.8 Å². The molecule has 0 atom stereocenters. The maximum absolute atomic E-state index is 11.3. The van der Waals surface area contributed by atoms with Crippen LogP contribution in [-0.2, 0) is 4.74 Å². The molecule has 0 fully saturated rings. The van der Waals surface area contributed by atoms with Crippen LogP contribution in [0.2, 0.25) is 0 Å². The van der Waals surface area contributed by atoms with Gasteiger partial charge in [-0.15, -0.1) is 0 Å². The van der Waals surface area contributed by atoms with E-state index in [9.17, 15) is 4.79 Å². The summed E-state index contributed by atoms with van der Waals surface area (Å²) in [5, 5.41) is 0. The second kappa shape index (κ2) is 6.24. The molecule has 0 amide bonds. The highest BCUT2D eigenvalue weighted by atomic mass is 32.1. The first-order valence-electron chi connectivity index (χ1n) is 4.97. The predicted molar refractivity (Wildman–Crippen MR) is 67.9 cm³/mol. The molecule has 0 N–H and O–H groups in total. The van der Waals surface area contributed by atoms with E-state index in [4.69, 9.17) is 0 Å². The zero-order valence-corrected chi connectivity index (χ0v) is 10.3. The third kappa shape index (κ3) is 3.32. The number of carbonyl (C=O) groups excluding carboxylic acids is 1. The molecule has 0 unspecified atom stereocenters. The molecule has 0 bridgehead atoms. The highest BCUT2D eigenvalue weighted by molar-refractivity contribution is 7.80. The van der Waals surface area contributed by atoms with Crippen LogP contribution >= 0.6 is 12.6 Å². The maximum atomic E-state index is 11.3. The number of carbonyl (C=O) groups is 1. The van der Waals surface area contributed by atoms with Crippen LogP contribution in [0, 0.1) is 18.8 Å². The SMILES string of the molecule is COC(=O)c1ccc(C#CCCS)c(C)c1. The van der Waals surface area contributed by atoms with Crippen molar-refractivity contribution >= 4 is 18.6 Å². The van der Waals surface area contributed by atoms with Crippen molar-refractivity contribution in [2.75, 3.05) is 12.9 Å². The number of benzene rings is 1. The molecule has 1 rings (SSSR count). The number of hydrogen-bond acceptors (Lipinski definition) is 3. The van der Waals surface area contributed by atoms with Crippen LogP contribution in [0.5, 0.6) is 0 Å². The summed E-state index contributed by atoms with van der Waals surface area (Å²) in [5.74, 6) is 6.49. The molecule has 0 heterocycles. The zero-order valence-electron chi connectivity index (χ0n) is 9.41. The third-order valence-electron chi connectivity index (χ3n) is 2.11. The summed E-state index contributed by atoms with van der Waals surface area (Å²) in [4.78, 5) is 11.3. The third-order valence-corrected chi connectivity index (χ3v) is 2.33. The molecular weight excluding hydrogens is 220 g/mol. The lowest BCUT2D eigenvalue weighted by Crippen LogP contribution is -2.01. The summed E-state index contributed by atoms with van der Waals surface area (Å²) in [6.07, 6.45) is 0.765. The van der Waals surface area contributed by atoms with E-state index < -0.39 is 0 Å². The van der Waals surface area contributed by atoms with Crippen molar-refractivity contribution < 1.29 is 9.53 Å². The smallest absolute Gasteiger partial charge is 0.337 e. The van der Waals surface area contributed by atoms with Gasteiger partial charge in [-0.05, 0) is 30.7 Å². The Balaban J connectivity index is 2.93. The molecule has 1 aromatic rings. The Hall–Kier alpha value is -1.40. The molecule has 1 aromatic carbocycles. The van der Waals surface area contributed by atoms with Crippen molar-refractivity contribution in [3.8, 4) is 11.8 Å². The first-order chi connectivity index (χ1) is 7.69. The lowest BCUT2D eigenvalue weighted by Gasteiger charge is -2.02. The van der Waals surface area contributed by atoms with E-state index in [1.54, 1.807) is 12.1 Å². The van der Waals surface area contributed by atoms with Crippen molar-refractivity contribution in [1.29, 1.82) is 0 Å². The Bertz CT molecular complexity index is 441. The monoisotopic (exact) mass is 234 g/mol. The fraction of sp³-hybridized carbons (Fsp3) is 0.308. The largest absolute Gasteiger partial charge is 0.465 e. The minimum absolute atomic E-state index is 0.321. The van der Waals surface area contributed by atoms with E-state index in [0.29, 0.717) is 5.56 Å². The van der Waals surface area contributed by atoms with Crippen molar-refractivity contribution in [2.24, 2.45) is 0 Å². The van der Waals surface area contributed by atoms with Gasteiger partial charge in [-0.1, -0.05) is 11.8 Å². The van der Waals surface area contributed by atoms with Crippen LogP contribution in [0.25, 0.3) is 0 Å². The molecule has 2 nitrogen and oxygen atoms in total. The van der Waals surface area contributed by atoms with Crippen molar-refractivity contribution in [3.05, 3.63) is 34.9 Å². The van der Waals surface area contributed by atoms with Crippen molar-refractivity contribution in [3.63, 3.8) is 0 Å². The quantitative estimate of drug-likeness (QED) is 0.483. The molecule has 0 radical (unpaired) electrons. The van der Waals surface area contributed by atoms with Crippen molar-refractivity contribution in [2.45, 2.75) is 13.3 Å².